The molecule has 0 unspecified atom stereocenters. The number of aliphatic hydroxyl groups excluding tert-OH is 1. The van der Waals surface area contributed by atoms with Crippen molar-refractivity contribution in [3.8, 4) is 0 Å². The summed E-state index contributed by atoms with van der Waals surface area (Å²) in [7, 11) is 1.42. The van der Waals surface area contributed by atoms with Crippen molar-refractivity contribution in [2.24, 2.45) is 17.8 Å². The van der Waals surface area contributed by atoms with Crippen LogP contribution < -0.4 is 0 Å². The van der Waals surface area contributed by atoms with Gasteiger partial charge in [-0.05, 0) is 49.9 Å². The summed E-state index contributed by atoms with van der Waals surface area (Å²) in [5, 5.41) is 10.1. The highest BCUT2D eigenvalue weighted by Gasteiger charge is 2.48. The van der Waals surface area contributed by atoms with Crippen molar-refractivity contribution in [2.75, 3.05) is 7.11 Å². The molecule has 1 heterocycles. The molecule has 0 aromatic rings. The zero-order chi connectivity index (χ0) is 20.7. The van der Waals surface area contributed by atoms with Crippen molar-refractivity contribution in [1.29, 1.82) is 0 Å². The van der Waals surface area contributed by atoms with Crippen LogP contribution in [-0.4, -0.2) is 46.6 Å². The highest BCUT2D eigenvalue weighted by atomic mass is 127. The summed E-state index contributed by atoms with van der Waals surface area (Å²) < 4.78 is 25.5. The van der Waals surface area contributed by atoms with Gasteiger partial charge in [0.15, 0.2) is 0 Å². The van der Waals surface area contributed by atoms with Gasteiger partial charge in [-0.3, -0.25) is 4.79 Å². The Bertz CT molecular complexity index is 515. The van der Waals surface area contributed by atoms with E-state index in [1.165, 1.54) is 7.11 Å². The lowest BCUT2D eigenvalue weighted by Crippen LogP contribution is -2.23. The van der Waals surface area contributed by atoms with E-state index in [1.54, 1.807) is 6.08 Å². The number of fused-ring (bicyclic) bond motifs is 1. The maximum Gasteiger partial charge on any atom is 0.305 e. The predicted molar refractivity (Wildman–Crippen MR) is 117 cm³/mol. The van der Waals surface area contributed by atoms with Gasteiger partial charge in [0.05, 0.1) is 19.3 Å². The third-order valence-electron chi connectivity index (χ3n) is 6.31. The highest BCUT2D eigenvalue weighted by Crippen LogP contribution is 2.48. The Morgan fingerprint density at radius 3 is 2.79 bits per heavy atom. The fourth-order valence-electron chi connectivity index (χ4n) is 4.61. The minimum absolute atomic E-state index is 0.157. The number of hydrogen-bond acceptors (Lipinski definition) is 4. The van der Waals surface area contributed by atoms with E-state index in [0.29, 0.717) is 34.5 Å². The second-order valence-electron chi connectivity index (χ2n) is 8.42. The number of hydrogen-bond donors (Lipinski definition) is 1. The third kappa shape index (κ3) is 6.66. The van der Waals surface area contributed by atoms with Gasteiger partial charge in [0.2, 0.25) is 0 Å². The first-order chi connectivity index (χ1) is 13.4. The molecule has 8 atom stereocenters. The number of halogens is 2. The first kappa shape index (κ1) is 24.1. The molecule has 1 N–H and O–H groups in total. The summed E-state index contributed by atoms with van der Waals surface area (Å²) in [6.45, 7) is 4.25. The number of unbranched alkanes of at least 4 members (excludes halogenated alkanes) is 1. The zero-order valence-corrected chi connectivity index (χ0v) is 19.5. The number of aliphatic hydroxyl groups is 1. The summed E-state index contributed by atoms with van der Waals surface area (Å²) in [4.78, 5) is 11.3. The van der Waals surface area contributed by atoms with Crippen LogP contribution in [0.5, 0.6) is 0 Å². The number of carbonyl (C=O) groups excluding carboxylic acids is 1. The molecule has 0 spiro atoms. The normalized spacial score (nSPS) is 33.0. The molecule has 0 aromatic heterocycles. The Balaban J connectivity index is 1.85. The van der Waals surface area contributed by atoms with Gasteiger partial charge in [-0.1, -0.05) is 61.4 Å². The lowest BCUT2D eigenvalue weighted by molar-refractivity contribution is -0.140. The maximum absolute atomic E-state index is 14.0. The molecule has 2 rings (SSSR count). The number of carbonyl (C=O) groups is 1. The maximum atomic E-state index is 14.0. The van der Waals surface area contributed by atoms with Gasteiger partial charge in [0.1, 0.15) is 12.3 Å². The number of ether oxygens (including phenoxy) is 2. The molecule has 1 saturated carbocycles. The fraction of sp³-hybridized carbons (Fsp3) is 0.864. The van der Waals surface area contributed by atoms with Gasteiger partial charge < -0.3 is 14.6 Å². The Morgan fingerprint density at radius 2 is 2.11 bits per heavy atom. The summed E-state index contributed by atoms with van der Waals surface area (Å²) in [5.41, 5.74) is 0. The van der Waals surface area contributed by atoms with E-state index in [2.05, 4.69) is 29.5 Å². The predicted octanol–water partition coefficient (Wildman–Crippen LogP) is 5.01. The van der Waals surface area contributed by atoms with Crippen molar-refractivity contribution < 1.29 is 23.8 Å². The fourth-order valence-corrected chi connectivity index (χ4v) is 5.51. The van der Waals surface area contributed by atoms with Crippen molar-refractivity contribution in [1.82, 2.24) is 0 Å². The van der Waals surface area contributed by atoms with E-state index >= 15 is 0 Å². The van der Waals surface area contributed by atoms with Crippen LogP contribution in [0, 0.1) is 17.8 Å². The number of methoxy groups -OCH3 is 1. The monoisotopic (exact) mass is 510 g/mol. The van der Waals surface area contributed by atoms with Crippen LogP contribution in [0.2, 0.25) is 0 Å². The van der Waals surface area contributed by atoms with Crippen molar-refractivity contribution in [3.63, 3.8) is 0 Å². The first-order valence-corrected chi connectivity index (χ1v) is 12.0. The molecule has 0 radical (unpaired) electrons. The van der Waals surface area contributed by atoms with Crippen molar-refractivity contribution in [2.45, 2.75) is 93.6 Å². The van der Waals surface area contributed by atoms with E-state index in [-0.39, 0.29) is 18.2 Å². The van der Waals surface area contributed by atoms with Crippen LogP contribution in [0.1, 0.15) is 65.2 Å². The molecule has 2 aliphatic rings. The average molecular weight is 510 g/mol. The van der Waals surface area contributed by atoms with Gasteiger partial charge in [-0.25, -0.2) is 4.39 Å². The molecule has 0 amide bonds. The molecule has 1 saturated heterocycles. The van der Waals surface area contributed by atoms with Gasteiger partial charge in [0, 0.05) is 10.3 Å². The molecule has 0 aromatic carbocycles. The summed E-state index contributed by atoms with van der Waals surface area (Å²) in [5.74, 6) is 1.10. The van der Waals surface area contributed by atoms with E-state index in [9.17, 15) is 14.3 Å². The van der Waals surface area contributed by atoms with E-state index in [0.717, 1.165) is 38.5 Å². The third-order valence-corrected chi connectivity index (χ3v) is 7.74. The molecule has 1 aliphatic carbocycles. The standard InChI is InChI=1S/C22H36FIO4/c1-4-5-7-17(23)19(25)11-10-15-14(2)12-20-16(15)13-21(28-20)18(24)8-6-9-22(26)27-3/h10-11,14-21,25H,4-9,12-13H2,1-3H3/b11-10+/t14-,15-,16-,17-,18+,19-,20+,21+/m1/s1. The average Bonchev–Trinajstić information content (AvgIpc) is 3.21. The second-order valence-corrected chi connectivity index (χ2v) is 10.0. The molecule has 162 valence electrons. The van der Waals surface area contributed by atoms with E-state index in [4.69, 9.17) is 9.47 Å². The molecule has 0 bridgehead atoms. The summed E-state index contributed by atoms with van der Waals surface area (Å²) in [6, 6.07) is 0. The summed E-state index contributed by atoms with van der Waals surface area (Å²) >= 11 is 2.44. The molecule has 4 nitrogen and oxygen atoms in total. The number of allylic oxidation sites excluding steroid dienone is 1. The number of alkyl halides is 2. The van der Waals surface area contributed by atoms with E-state index < -0.39 is 12.3 Å². The smallest absolute Gasteiger partial charge is 0.305 e. The number of esters is 1. The van der Waals surface area contributed by atoms with Gasteiger partial charge in [-0.2, -0.15) is 0 Å². The Hall–Kier alpha value is -0.210. The summed E-state index contributed by atoms with van der Waals surface area (Å²) in [6.07, 6.45) is 8.40. The zero-order valence-electron chi connectivity index (χ0n) is 17.4. The molecule has 6 heteroatoms. The largest absolute Gasteiger partial charge is 0.469 e. The van der Waals surface area contributed by atoms with Crippen LogP contribution in [0.15, 0.2) is 12.2 Å². The quantitative estimate of drug-likeness (QED) is 0.184. The van der Waals surface area contributed by atoms with Gasteiger partial charge in [-0.15, -0.1) is 0 Å². The lowest BCUT2D eigenvalue weighted by atomic mass is 9.86. The highest BCUT2D eigenvalue weighted by molar-refractivity contribution is 14.1. The molecule has 28 heavy (non-hydrogen) atoms. The van der Waals surface area contributed by atoms with Crippen LogP contribution in [0.4, 0.5) is 4.39 Å². The topological polar surface area (TPSA) is 55.8 Å². The Labute approximate surface area is 182 Å². The van der Waals surface area contributed by atoms with Crippen LogP contribution in [0.3, 0.4) is 0 Å². The minimum atomic E-state index is -1.18. The lowest BCUT2D eigenvalue weighted by Gasteiger charge is -2.22. The molecule has 1 aliphatic heterocycles. The minimum Gasteiger partial charge on any atom is -0.469 e. The Morgan fingerprint density at radius 1 is 1.36 bits per heavy atom. The second kappa shape index (κ2) is 11.8. The van der Waals surface area contributed by atoms with Crippen LogP contribution in [0.25, 0.3) is 0 Å². The molecular formula is C22H36FIO4. The SMILES string of the molecule is CCCC[C@@H](F)[C@H](O)/C=C/[C@H]1[C@H]2C[C@@H]([C@@H](I)CCCC(=O)OC)O[C@H]2C[C@H]1C. The number of rotatable bonds is 11. The van der Waals surface area contributed by atoms with E-state index in [1.807, 2.05) is 13.0 Å². The molecule has 2 fully saturated rings. The van der Waals surface area contributed by atoms with Crippen LogP contribution in [-0.2, 0) is 14.3 Å². The Kier molecular flexibility index (Phi) is 10.2. The van der Waals surface area contributed by atoms with Gasteiger partial charge in [0.25, 0.3) is 0 Å². The first-order valence-electron chi connectivity index (χ1n) is 10.7. The molecular weight excluding hydrogens is 474 g/mol. The van der Waals surface area contributed by atoms with Crippen molar-refractivity contribution >= 4 is 28.6 Å². The van der Waals surface area contributed by atoms with Gasteiger partial charge >= 0.3 is 5.97 Å². The van der Waals surface area contributed by atoms with Crippen LogP contribution >= 0.6 is 22.6 Å². The van der Waals surface area contributed by atoms with Crippen molar-refractivity contribution in [3.05, 3.63) is 12.2 Å².